The molecule has 0 radical (unpaired) electrons. The summed E-state index contributed by atoms with van der Waals surface area (Å²) < 4.78 is 14.6. The van der Waals surface area contributed by atoms with Crippen molar-refractivity contribution < 1.29 is 9.18 Å². The number of aromatic nitrogens is 1. The fraction of sp³-hybridized carbons (Fsp3) is 0.391. The summed E-state index contributed by atoms with van der Waals surface area (Å²) in [6.45, 7) is 3.29. The molecule has 3 nitrogen and oxygen atoms in total. The maximum atomic E-state index is 14.6. The molecule has 1 aromatic carbocycles. The molecule has 0 N–H and O–H groups in total. The Morgan fingerprint density at radius 3 is 2.57 bits per heavy atom. The van der Waals surface area contributed by atoms with Crippen molar-refractivity contribution >= 4 is 49.3 Å². The summed E-state index contributed by atoms with van der Waals surface area (Å²) in [7, 11) is 0. The lowest BCUT2D eigenvalue weighted by molar-refractivity contribution is -0.126. The van der Waals surface area contributed by atoms with Gasteiger partial charge >= 0.3 is 0 Å². The van der Waals surface area contributed by atoms with Gasteiger partial charge in [0, 0.05) is 35.5 Å². The van der Waals surface area contributed by atoms with Crippen LogP contribution >= 0.6 is 37.4 Å². The van der Waals surface area contributed by atoms with Crippen molar-refractivity contribution in [2.75, 3.05) is 13.1 Å². The summed E-state index contributed by atoms with van der Waals surface area (Å²) in [5.41, 5.74) is 3.47. The summed E-state index contributed by atoms with van der Waals surface area (Å²) in [5.74, 6) is -0.0830. The third kappa shape index (κ3) is 5.64. The zero-order chi connectivity index (χ0) is 19.7. The van der Waals surface area contributed by atoms with Crippen LogP contribution in [0.5, 0.6) is 0 Å². The van der Waals surface area contributed by atoms with Gasteiger partial charge in [-0.1, -0.05) is 24.3 Å². The van der Waals surface area contributed by atoms with Gasteiger partial charge in [0.05, 0.1) is 11.7 Å². The van der Waals surface area contributed by atoms with E-state index in [0.29, 0.717) is 12.1 Å². The van der Waals surface area contributed by atoms with Gasteiger partial charge in [-0.25, -0.2) is 4.39 Å². The molecule has 2 atom stereocenters. The molecule has 1 aliphatic carbocycles. The van der Waals surface area contributed by atoms with Crippen LogP contribution in [0.15, 0.2) is 48.0 Å². The van der Waals surface area contributed by atoms with E-state index in [-0.39, 0.29) is 47.6 Å². The number of pyridine rings is 1. The van der Waals surface area contributed by atoms with Gasteiger partial charge in [-0.15, -0.1) is 24.8 Å². The summed E-state index contributed by atoms with van der Waals surface area (Å²) in [6.07, 6.45) is 4.73. The van der Waals surface area contributed by atoms with Gasteiger partial charge in [0.25, 0.3) is 0 Å². The fourth-order valence-corrected chi connectivity index (χ4v) is 4.18. The number of hydrogen-bond donors (Lipinski definition) is 1. The van der Waals surface area contributed by atoms with Crippen LogP contribution in [-0.2, 0) is 4.79 Å². The molecule has 1 aliphatic heterocycles. The predicted octanol–water partition coefficient (Wildman–Crippen LogP) is 5.48. The normalized spacial score (nSPS) is 21.4. The highest BCUT2D eigenvalue weighted by Gasteiger charge is 2.40. The molecule has 0 spiro atoms. The number of rotatable bonds is 5. The van der Waals surface area contributed by atoms with Crippen molar-refractivity contribution in [1.29, 1.82) is 0 Å². The number of hydrogen-bond acceptors (Lipinski definition) is 4. The van der Waals surface area contributed by atoms with E-state index in [1.165, 1.54) is 6.07 Å². The Labute approximate surface area is 195 Å². The van der Waals surface area contributed by atoms with E-state index >= 15 is 0 Å². The maximum Gasteiger partial charge on any atom is 0.157 e. The van der Waals surface area contributed by atoms with Crippen LogP contribution in [0.4, 0.5) is 4.39 Å². The van der Waals surface area contributed by atoms with E-state index in [0.717, 1.165) is 42.8 Å². The smallest absolute Gasteiger partial charge is 0.157 e. The van der Waals surface area contributed by atoms with Gasteiger partial charge in [-0.3, -0.25) is 14.7 Å². The average molecular weight is 469 g/mol. The van der Waals surface area contributed by atoms with Crippen molar-refractivity contribution in [3.05, 3.63) is 70.8 Å². The number of Topliss-reactive ketones (excluding diaryl/α,β-unsaturated/α-hetero) is 1. The Balaban J connectivity index is 0.00000160. The summed E-state index contributed by atoms with van der Waals surface area (Å²) in [6, 6.07) is 12.1. The number of carbonyl (C=O) groups is 1. The molecule has 162 valence electrons. The highest BCUT2D eigenvalue weighted by Crippen LogP contribution is 2.39. The first kappa shape index (κ1) is 24.9. The van der Waals surface area contributed by atoms with Crippen molar-refractivity contribution in [3.63, 3.8) is 0 Å². The monoisotopic (exact) mass is 468 g/mol. The molecule has 1 aromatic heterocycles. The third-order valence-corrected chi connectivity index (χ3v) is 6.15. The van der Waals surface area contributed by atoms with E-state index in [2.05, 4.69) is 16.0 Å². The largest absolute Gasteiger partial charge is 0.297 e. The van der Waals surface area contributed by atoms with Gasteiger partial charge in [-0.05, 0) is 56.0 Å². The number of benzene rings is 1. The lowest BCUT2D eigenvalue weighted by atomic mass is 9.93. The van der Waals surface area contributed by atoms with Gasteiger partial charge in [-0.2, -0.15) is 12.6 Å². The number of aryl methyl sites for hydroxylation is 1. The van der Waals surface area contributed by atoms with Crippen molar-refractivity contribution in [1.82, 2.24) is 9.88 Å². The van der Waals surface area contributed by atoms with Crippen molar-refractivity contribution in [2.24, 2.45) is 5.92 Å². The molecule has 2 unspecified atom stereocenters. The highest BCUT2D eigenvalue weighted by molar-refractivity contribution is 7.81. The second kappa shape index (κ2) is 10.8. The predicted molar refractivity (Wildman–Crippen MR) is 127 cm³/mol. The zero-order valence-corrected chi connectivity index (χ0v) is 19.4. The minimum atomic E-state index is -0.525. The first-order valence-corrected chi connectivity index (χ1v) is 10.4. The minimum absolute atomic E-state index is 0. The second-order valence-corrected chi connectivity index (χ2v) is 8.42. The molecule has 2 fully saturated rings. The van der Waals surface area contributed by atoms with E-state index < -0.39 is 6.04 Å². The molecular formula is C23H27Cl2FN2OS. The number of nitrogens with zero attached hydrogens (tertiary/aromatic N) is 2. The molecule has 0 bridgehead atoms. The van der Waals surface area contributed by atoms with Crippen LogP contribution < -0.4 is 0 Å². The van der Waals surface area contributed by atoms with Crippen molar-refractivity contribution in [2.45, 2.75) is 37.5 Å². The number of likely N-dealkylation sites (tertiary alicyclic amines) is 1. The molecule has 1 saturated heterocycles. The van der Waals surface area contributed by atoms with Gasteiger partial charge in [0.15, 0.2) is 5.78 Å². The lowest BCUT2D eigenvalue weighted by Crippen LogP contribution is -2.42. The Morgan fingerprint density at radius 2 is 1.90 bits per heavy atom. The number of piperidine rings is 1. The third-order valence-electron chi connectivity index (χ3n) is 5.56. The first-order chi connectivity index (χ1) is 13.5. The van der Waals surface area contributed by atoms with E-state index in [9.17, 15) is 9.18 Å². The topological polar surface area (TPSA) is 33.2 Å². The SMILES string of the molecule is Cc1cccc(/C=C2/CN(C(C(=O)C3CC3)c3ccccc3F)CCC2S)n1.Cl.Cl. The van der Waals surface area contributed by atoms with E-state index in [1.807, 2.05) is 31.2 Å². The van der Waals surface area contributed by atoms with Crippen molar-refractivity contribution in [3.8, 4) is 0 Å². The van der Waals surface area contributed by atoms with Crippen LogP contribution in [0, 0.1) is 18.7 Å². The van der Waals surface area contributed by atoms with Gasteiger partial charge in [0.1, 0.15) is 5.82 Å². The minimum Gasteiger partial charge on any atom is -0.297 e. The maximum absolute atomic E-state index is 14.6. The number of halogens is 3. The van der Waals surface area contributed by atoms with Crippen LogP contribution in [0.1, 0.15) is 42.3 Å². The summed E-state index contributed by atoms with van der Waals surface area (Å²) in [5, 5.41) is 0.121. The van der Waals surface area contributed by atoms with Crippen LogP contribution in [0.2, 0.25) is 0 Å². The molecule has 1 saturated carbocycles. The standard InChI is InChI=1S/C23H25FN2OS.2ClH/c1-15-5-4-6-18(25-15)13-17-14-26(12-11-21(17)28)22(23(27)16-9-10-16)19-7-2-3-8-20(19)24;;/h2-8,13,16,21-22,28H,9-12,14H2,1H3;2*1H/b17-13-;;. The first-order valence-electron chi connectivity index (χ1n) is 9.87. The molecule has 2 aliphatic rings. The molecular weight excluding hydrogens is 442 g/mol. The molecule has 2 heterocycles. The Hall–Kier alpha value is -1.40. The number of carbonyl (C=O) groups excluding carboxylic acids is 1. The summed E-state index contributed by atoms with van der Waals surface area (Å²) in [4.78, 5) is 19.8. The average Bonchev–Trinajstić information content (AvgIpc) is 3.51. The Morgan fingerprint density at radius 1 is 1.17 bits per heavy atom. The second-order valence-electron chi connectivity index (χ2n) is 7.80. The van der Waals surface area contributed by atoms with E-state index in [4.69, 9.17) is 12.6 Å². The fourth-order valence-electron chi connectivity index (χ4n) is 3.91. The molecule has 4 rings (SSSR count). The zero-order valence-electron chi connectivity index (χ0n) is 16.8. The summed E-state index contributed by atoms with van der Waals surface area (Å²) >= 11 is 4.75. The van der Waals surface area contributed by atoms with Crippen LogP contribution in [-0.4, -0.2) is 34.0 Å². The highest BCUT2D eigenvalue weighted by atomic mass is 35.5. The van der Waals surface area contributed by atoms with E-state index in [1.54, 1.807) is 12.1 Å². The Kier molecular flexibility index (Phi) is 8.92. The van der Waals surface area contributed by atoms with Gasteiger partial charge < -0.3 is 0 Å². The molecule has 2 aromatic rings. The van der Waals surface area contributed by atoms with Crippen LogP contribution in [0.3, 0.4) is 0 Å². The quantitative estimate of drug-likeness (QED) is 0.589. The lowest BCUT2D eigenvalue weighted by Gasteiger charge is -2.37. The molecule has 7 heteroatoms. The Bertz CT molecular complexity index is 920. The van der Waals surface area contributed by atoms with Gasteiger partial charge in [0.2, 0.25) is 0 Å². The molecule has 0 amide bonds. The number of thiol groups is 1. The van der Waals surface area contributed by atoms with Crippen LogP contribution in [0.25, 0.3) is 6.08 Å². The molecule has 30 heavy (non-hydrogen) atoms. The number of ketones is 1.